The summed E-state index contributed by atoms with van der Waals surface area (Å²) in [4.78, 5) is 16.6. The number of hydrogen-bond donors (Lipinski definition) is 0. The van der Waals surface area contributed by atoms with Crippen molar-refractivity contribution in [2.75, 3.05) is 0 Å². The second-order valence-electron chi connectivity index (χ2n) is 3.30. The molecule has 0 saturated carbocycles. The van der Waals surface area contributed by atoms with Crippen molar-refractivity contribution in [1.82, 2.24) is 4.98 Å². The first-order valence-electron chi connectivity index (χ1n) is 4.80. The Morgan fingerprint density at radius 3 is 2.65 bits per heavy atom. The molecule has 0 N–H and O–H groups in total. The van der Waals surface area contributed by atoms with Crippen LogP contribution < -0.4 is 0 Å². The van der Waals surface area contributed by atoms with E-state index in [0.717, 1.165) is 4.47 Å². The van der Waals surface area contributed by atoms with Gasteiger partial charge in [-0.3, -0.25) is 9.78 Å². The highest BCUT2D eigenvalue weighted by molar-refractivity contribution is 9.10. The summed E-state index contributed by atoms with van der Waals surface area (Å²) < 4.78 is 0.738. The summed E-state index contributed by atoms with van der Waals surface area (Å²) in [6, 6.07) is 7.22. The average Bonchev–Trinajstić information content (AvgIpc) is 2.77. The monoisotopic (exact) mass is 306 g/mol. The van der Waals surface area contributed by atoms with E-state index in [1.807, 2.05) is 11.4 Å². The third-order valence-electron chi connectivity index (χ3n) is 2.27. The highest BCUT2D eigenvalue weighted by Crippen LogP contribution is 2.28. The Hall–Kier alpha value is -1.51. The van der Waals surface area contributed by atoms with Crippen molar-refractivity contribution < 1.29 is 4.79 Å². The molecule has 0 fully saturated rings. The maximum absolute atomic E-state index is 12.2. The lowest BCUT2D eigenvalue weighted by molar-refractivity contribution is 0.0982. The van der Waals surface area contributed by atoms with Gasteiger partial charge in [0, 0.05) is 16.9 Å². The fourth-order valence-corrected chi connectivity index (χ4v) is 2.98. The standard InChI is InChI=1S/C12H7BrN2OS/c13-10-3-6-17-12(10)11(16)9(7-14)8-1-4-15-5-2-8/h1-6,9H. The van der Waals surface area contributed by atoms with E-state index in [-0.39, 0.29) is 5.78 Å². The van der Waals surface area contributed by atoms with Gasteiger partial charge in [-0.25, -0.2) is 0 Å². The third-order valence-corrected chi connectivity index (χ3v) is 4.12. The molecule has 84 valence electrons. The lowest BCUT2D eigenvalue weighted by atomic mass is 9.96. The summed E-state index contributed by atoms with van der Waals surface area (Å²) in [5, 5.41) is 11.0. The highest BCUT2D eigenvalue weighted by atomic mass is 79.9. The molecule has 2 aromatic heterocycles. The van der Waals surface area contributed by atoms with Gasteiger partial charge in [-0.1, -0.05) is 0 Å². The first-order chi connectivity index (χ1) is 8.24. The maximum atomic E-state index is 12.2. The summed E-state index contributed by atoms with van der Waals surface area (Å²) >= 11 is 4.64. The molecule has 5 heteroatoms. The molecule has 2 heterocycles. The summed E-state index contributed by atoms with van der Waals surface area (Å²) in [6.07, 6.45) is 3.16. The number of halogens is 1. The molecule has 0 aliphatic heterocycles. The first kappa shape index (κ1) is 12.0. The van der Waals surface area contributed by atoms with Crippen LogP contribution in [0.15, 0.2) is 40.4 Å². The second-order valence-corrected chi connectivity index (χ2v) is 5.08. The van der Waals surface area contributed by atoms with Crippen molar-refractivity contribution in [3.8, 4) is 6.07 Å². The number of Topliss-reactive ketones (excluding diaryl/α,β-unsaturated/α-hetero) is 1. The van der Waals surface area contributed by atoms with Crippen LogP contribution in [-0.4, -0.2) is 10.8 Å². The lowest BCUT2D eigenvalue weighted by Gasteiger charge is -2.06. The first-order valence-corrected chi connectivity index (χ1v) is 6.48. The largest absolute Gasteiger partial charge is 0.291 e. The minimum Gasteiger partial charge on any atom is -0.291 e. The van der Waals surface area contributed by atoms with E-state index in [4.69, 9.17) is 5.26 Å². The Morgan fingerprint density at radius 1 is 1.41 bits per heavy atom. The molecule has 2 aromatic rings. The zero-order valence-electron chi connectivity index (χ0n) is 8.63. The molecule has 0 bridgehead atoms. The van der Waals surface area contributed by atoms with Gasteiger partial charge in [0.1, 0.15) is 5.92 Å². The van der Waals surface area contributed by atoms with Crippen LogP contribution in [0, 0.1) is 11.3 Å². The number of nitrogens with zero attached hydrogens (tertiary/aromatic N) is 2. The predicted octanol–water partition coefficient (Wildman–Crippen LogP) is 3.40. The van der Waals surface area contributed by atoms with E-state index in [1.54, 1.807) is 30.6 Å². The van der Waals surface area contributed by atoms with Gasteiger partial charge in [-0.15, -0.1) is 11.3 Å². The Bertz CT molecular complexity index is 574. The summed E-state index contributed by atoms with van der Waals surface area (Å²) in [5.41, 5.74) is 0.674. The average molecular weight is 307 g/mol. The summed E-state index contributed by atoms with van der Waals surface area (Å²) in [7, 11) is 0. The van der Waals surface area contributed by atoms with Crippen molar-refractivity contribution in [1.29, 1.82) is 5.26 Å². The molecule has 0 saturated heterocycles. The number of aromatic nitrogens is 1. The number of nitriles is 1. The molecule has 0 radical (unpaired) electrons. The SMILES string of the molecule is N#CC(C(=O)c1sccc1Br)c1ccncc1. The molecule has 0 aromatic carbocycles. The molecular weight excluding hydrogens is 300 g/mol. The number of pyridine rings is 1. The Kier molecular flexibility index (Phi) is 3.67. The molecule has 2 rings (SSSR count). The summed E-state index contributed by atoms with van der Waals surface area (Å²) in [5.74, 6) is -0.950. The number of hydrogen-bond acceptors (Lipinski definition) is 4. The molecular formula is C12H7BrN2OS. The van der Waals surface area contributed by atoms with Gasteiger partial charge in [-0.05, 0) is 45.1 Å². The van der Waals surface area contributed by atoms with Crippen LogP contribution in [0.3, 0.4) is 0 Å². The van der Waals surface area contributed by atoms with Gasteiger partial charge >= 0.3 is 0 Å². The number of carbonyl (C=O) groups excluding carboxylic acids is 1. The zero-order valence-corrected chi connectivity index (χ0v) is 11.0. The topological polar surface area (TPSA) is 53.8 Å². The number of rotatable bonds is 3. The van der Waals surface area contributed by atoms with Crippen LogP contribution in [0.2, 0.25) is 0 Å². The van der Waals surface area contributed by atoms with Gasteiger partial charge in [0.2, 0.25) is 0 Å². The van der Waals surface area contributed by atoms with Gasteiger partial charge in [0.05, 0.1) is 10.9 Å². The van der Waals surface area contributed by atoms with Crippen molar-refractivity contribution in [2.45, 2.75) is 5.92 Å². The normalized spacial score (nSPS) is 11.8. The van der Waals surface area contributed by atoms with Crippen LogP contribution in [0.25, 0.3) is 0 Å². The van der Waals surface area contributed by atoms with E-state index >= 15 is 0 Å². The van der Waals surface area contributed by atoms with Gasteiger partial charge < -0.3 is 0 Å². The molecule has 17 heavy (non-hydrogen) atoms. The quantitative estimate of drug-likeness (QED) is 0.817. The van der Waals surface area contributed by atoms with E-state index in [2.05, 4.69) is 20.9 Å². The highest BCUT2D eigenvalue weighted by Gasteiger charge is 2.24. The van der Waals surface area contributed by atoms with Gasteiger partial charge in [0.15, 0.2) is 5.78 Å². The number of thiophene rings is 1. The van der Waals surface area contributed by atoms with E-state index < -0.39 is 5.92 Å². The Labute approximate surface area is 111 Å². The van der Waals surface area contributed by atoms with E-state index in [0.29, 0.717) is 10.4 Å². The van der Waals surface area contributed by atoms with Crippen molar-refractivity contribution in [3.63, 3.8) is 0 Å². The number of carbonyl (C=O) groups is 1. The summed E-state index contributed by atoms with van der Waals surface area (Å²) in [6.45, 7) is 0. The van der Waals surface area contributed by atoms with Crippen LogP contribution in [0.5, 0.6) is 0 Å². The van der Waals surface area contributed by atoms with Gasteiger partial charge in [0.25, 0.3) is 0 Å². The maximum Gasteiger partial charge on any atom is 0.195 e. The van der Waals surface area contributed by atoms with E-state index in [9.17, 15) is 4.79 Å². The van der Waals surface area contributed by atoms with E-state index in [1.165, 1.54) is 11.3 Å². The number of ketones is 1. The minimum atomic E-state index is -0.770. The molecule has 1 unspecified atom stereocenters. The molecule has 0 aliphatic rings. The molecule has 1 atom stereocenters. The van der Waals surface area contributed by atoms with Crippen molar-refractivity contribution in [3.05, 3.63) is 50.9 Å². The van der Waals surface area contributed by atoms with Crippen molar-refractivity contribution in [2.24, 2.45) is 0 Å². The Balaban J connectivity index is 2.36. The van der Waals surface area contributed by atoms with Gasteiger partial charge in [-0.2, -0.15) is 5.26 Å². The van der Waals surface area contributed by atoms with Crippen LogP contribution in [-0.2, 0) is 0 Å². The van der Waals surface area contributed by atoms with Crippen LogP contribution >= 0.6 is 27.3 Å². The van der Waals surface area contributed by atoms with Crippen LogP contribution in [0.4, 0.5) is 0 Å². The zero-order chi connectivity index (χ0) is 12.3. The minimum absolute atomic E-state index is 0.180. The fraction of sp³-hybridized carbons (Fsp3) is 0.0833. The molecule has 0 amide bonds. The Morgan fingerprint density at radius 2 is 2.12 bits per heavy atom. The lowest BCUT2D eigenvalue weighted by Crippen LogP contribution is -2.10. The molecule has 3 nitrogen and oxygen atoms in total. The third kappa shape index (κ3) is 2.43. The molecule has 0 spiro atoms. The van der Waals surface area contributed by atoms with Crippen molar-refractivity contribution >= 4 is 33.0 Å². The fourth-order valence-electron chi connectivity index (χ4n) is 1.44. The van der Waals surface area contributed by atoms with Crippen LogP contribution in [0.1, 0.15) is 21.2 Å². The molecule has 0 aliphatic carbocycles. The predicted molar refractivity (Wildman–Crippen MR) is 68.9 cm³/mol. The smallest absolute Gasteiger partial charge is 0.195 e. The second kappa shape index (κ2) is 5.21.